The molecule has 4 fully saturated rings. The molecule has 2 aromatic rings. The first-order valence-corrected chi connectivity index (χ1v) is 10.6. The summed E-state index contributed by atoms with van der Waals surface area (Å²) >= 11 is 0. The zero-order chi connectivity index (χ0) is 20.1. The SMILES string of the molecule is COc1ccc(C(=O)N2CC(c3cccc(O)c3)C3C2C2CCN3CC2)cc1C. The Morgan fingerprint density at radius 2 is 1.90 bits per heavy atom. The van der Waals surface area contributed by atoms with Crippen LogP contribution in [0, 0.1) is 12.8 Å². The number of benzene rings is 2. The van der Waals surface area contributed by atoms with Crippen molar-refractivity contribution in [2.24, 2.45) is 5.92 Å². The summed E-state index contributed by atoms with van der Waals surface area (Å²) in [6, 6.07) is 13.9. The lowest BCUT2D eigenvalue weighted by atomic mass is 9.75. The molecule has 2 aromatic carbocycles. The maximum Gasteiger partial charge on any atom is 0.254 e. The number of rotatable bonds is 3. The van der Waals surface area contributed by atoms with E-state index in [-0.39, 0.29) is 17.9 Å². The number of hydrogen-bond acceptors (Lipinski definition) is 4. The fourth-order valence-electron chi connectivity index (χ4n) is 5.88. The summed E-state index contributed by atoms with van der Waals surface area (Å²) in [5, 5.41) is 10.0. The summed E-state index contributed by atoms with van der Waals surface area (Å²) in [6.07, 6.45) is 2.33. The molecule has 0 spiro atoms. The van der Waals surface area contributed by atoms with Crippen LogP contribution in [0.4, 0.5) is 0 Å². The Hall–Kier alpha value is -2.53. The number of carbonyl (C=O) groups is 1. The van der Waals surface area contributed by atoms with Crippen molar-refractivity contribution in [2.75, 3.05) is 26.7 Å². The van der Waals surface area contributed by atoms with Gasteiger partial charge in [0.25, 0.3) is 5.91 Å². The first-order valence-electron chi connectivity index (χ1n) is 10.6. The number of hydrogen-bond donors (Lipinski definition) is 1. The number of phenolic OH excluding ortho intramolecular Hbond substituents is 1. The van der Waals surface area contributed by atoms with Crippen molar-refractivity contribution in [2.45, 2.75) is 37.8 Å². The van der Waals surface area contributed by atoms with E-state index in [0.717, 1.165) is 35.5 Å². The molecule has 152 valence electrons. The van der Waals surface area contributed by atoms with E-state index in [2.05, 4.69) is 15.9 Å². The van der Waals surface area contributed by atoms with Crippen LogP contribution in [0.25, 0.3) is 0 Å². The Morgan fingerprint density at radius 3 is 2.59 bits per heavy atom. The molecular formula is C24H28N2O3. The fourth-order valence-corrected chi connectivity index (χ4v) is 5.88. The molecule has 4 saturated heterocycles. The highest BCUT2D eigenvalue weighted by Crippen LogP contribution is 2.47. The quantitative estimate of drug-likeness (QED) is 0.870. The molecule has 29 heavy (non-hydrogen) atoms. The number of carbonyl (C=O) groups excluding carboxylic acids is 1. The Balaban J connectivity index is 1.51. The standard InChI is InChI=1S/C24H28N2O3/c1-15-12-18(6-7-21(15)29-2)24(28)26-14-20(17-4-3-5-19(27)13-17)23-22(26)16-8-10-25(23)11-9-16/h3-7,12-13,16,20,22-23,27H,8-11,14H2,1-2H3. The highest BCUT2D eigenvalue weighted by Gasteiger charge is 2.54. The molecule has 0 radical (unpaired) electrons. The summed E-state index contributed by atoms with van der Waals surface area (Å²) in [5.74, 6) is 2.02. The number of methoxy groups -OCH3 is 1. The van der Waals surface area contributed by atoms with Gasteiger partial charge in [0.05, 0.1) is 13.2 Å². The van der Waals surface area contributed by atoms with Crippen molar-refractivity contribution in [1.29, 1.82) is 0 Å². The molecule has 1 N–H and O–H groups in total. The lowest BCUT2D eigenvalue weighted by Gasteiger charge is -2.51. The van der Waals surface area contributed by atoms with Crippen molar-refractivity contribution < 1.29 is 14.6 Å². The molecule has 0 aliphatic carbocycles. The van der Waals surface area contributed by atoms with Crippen molar-refractivity contribution >= 4 is 5.91 Å². The van der Waals surface area contributed by atoms with Crippen LogP contribution < -0.4 is 4.74 Å². The Kier molecular flexibility index (Phi) is 4.50. The molecule has 6 rings (SSSR count). The van der Waals surface area contributed by atoms with Crippen LogP contribution >= 0.6 is 0 Å². The number of fused-ring (bicyclic) bond motifs is 2. The third kappa shape index (κ3) is 2.99. The molecule has 3 atom stereocenters. The molecule has 3 unspecified atom stereocenters. The highest BCUT2D eigenvalue weighted by atomic mass is 16.5. The van der Waals surface area contributed by atoms with Crippen molar-refractivity contribution in [3.8, 4) is 11.5 Å². The van der Waals surface area contributed by atoms with Gasteiger partial charge in [-0.15, -0.1) is 0 Å². The monoisotopic (exact) mass is 392 g/mol. The van der Waals surface area contributed by atoms with E-state index in [1.807, 2.05) is 37.3 Å². The normalized spacial score (nSPS) is 30.3. The van der Waals surface area contributed by atoms with Crippen LogP contribution in [0.15, 0.2) is 42.5 Å². The van der Waals surface area contributed by atoms with Crippen LogP contribution in [-0.4, -0.2) is 59.6 Å². The van der Waals surface area contributed by atoms with Crippen molar-refractivity contribution in [3.63, 3.8) is 0 Å². The molecule has 2 bridgehead atoms. The van der Waals surface area contributed by atoms with Gasteiger partial charge >= 0.3 is 0 Å². The largest absolute Gasteiger partial charge is 0.508 e. The summed E-state index contributed by atoms with van der Waals surface area (Å²) < 4.78 is 5.36. The average molecular weight is 392 g/mol. The van der Waals surface area contributed by atoms with E-state index in [9.17, 15) is 9.90 Å². The van der Waals surface area contributed by atoms with Gasteiger partial charge in [0.2, 0.25) is 0 Å². The smallest absolute Gasteiger partial charge is 0.254 e. The van der Waals surface area contributed by atoms with E-state index in [4.69, 9.17) is 4.74 Å². The summed E-state index contributed by atoms with van der Waals surface area (Å²) in [7, 11) is 1.65. The highest BCUT2D eigenvalue weighted by molar-refractivity contribution is 5.95. The van der Waals surface area contributed by atoms with Crippen LogP contribution in [0.1, 0.15) is 40.2 Å². The lowest BCUT2D eigenvalue weighted by molar-refractivity contribution is -0.00342. The molecular weight excluding hydrogens is 364 g/mol. The van der Waals surface area contributed by atoms with Gasteiger partial charge in [-0.2, -0.15) is 0 Å². The first-order chi connectivity index (χ1) is 14.1. The number of aryl methyl sites for hydroxylation is 1. The van der Waals surface area contributed by atoms with Gasteiger partial charge in [-0.3, -0.25) is 9.69 Å². The predicted octanol–water partition coefficient (Wildman–Crippen LogP) is 3.41. The minimum absolute atomic E-state index is 0.113. The van der Waals surface area contributed by atoms with E-state index < -0.39 is 0 Å². The second kappa shape index (κ2) is 7.06. The summed E-state index contributed by atoms with van der Waals surface area (Å²) in [6.45, 7) is 4.91. The lowest BCUT2D eigenvalue weighted by Crippen LogP contribution is -2.60. The minimum atomic E-state index is 0.113. The summed E-state index contributed by atoms with van der Waals surface area (Å²) in [4.78, 5) is 18.3. The van der Waals surface area contributed by atoms with Gasteiger partial charge in [-0.25, -0.2) is 0 Å². The average Bonchev–Trinajstić information content (AvgIpc) is 3.17. The molecule has 4 aliphatic rings. The second-order valence-electron chi connectivity index (χ2n) is 8.70. The number of likely N-dealkylation sites (tertiary alicyclic amines) is 1. The van der Waals surface area contributed by atoms with Crippen LogP contribution in [-0.2, 0) is 0 Å². The van der Waals surface area contributed by atoms with Crippen LogP contribution in [0.2, 0.25) is 0 Å². The van der Waals surface area contributed by atoms with E-state index >= 15 is 0 Å². The molecule has 4 aliphatic heterocycles. The predicted molar refractivity (Wildman–Crippen MR) is 111 cm³/mol. The van der Waals surface area contributed by atoms with Gasteiger partial charge in [0, 0.05) is 24.1 Å². The number of phenols is 1. The topological polar surface area (TPSA) is 53.0 Å². The van der Waals surface area contributed by atoms with E-state index in [0.29, 0.717) is 24.3 Å². The molecule has 0 saturated carbocycles. The molecule has 1 amide bonds. The van der Waals surface area contributed by atoms with Crippen molar-refractivity contribution in [3.05, 3.63) is 59.2 Å². The Bertz CT molecular complexity index is 935. The third-order valence-electron chi connectivity index (χ3n) is 7.20. The van der Waals surface area contributed by atoms with Gasteiger partial charge in [-0.05, 0) is 80.2 Å². The summed E-state index contributed by atoms with van der Waals surface area (Å²) in [5.41, 5.74) is 2.84. The first kappa shape index (κ1) is 18.5. The van der Waals surface area contributed by atoms with Gasteiger partial charge in [0.1, 0.15) is 11.5 Å². The number of piperidine rings is 3. The van der Waals surface area contributed by atoms with Crippen molar-refractivity contribution in [1.82, 2.24) is 9.80 Å². The maximum atomic E-state index is 13.6. The molecule has 0 aromatic heterocycles. The number of aromatic hydroxyl groups is 1. The minimum Gasteiger partial charge on any atom is -0.508 e. The number of ether oxygens (including phenoxy) is 1. The molecule has 5 nitrogen and oxygen atoms in total. The van der Waals surface area contributed by atoms with Crippen LogP contribution in [0.3, 0.4) is 0 Å². The molecule has 4 heterocycles. The second-order valence-corrected chi connectivity index (χ2v) is 8.70. The zero-order valence-corrected chi connectivity index (χ0v) is 17.0. The Morgan fingerprint density at radius 1 is 1.10 bits per heavy atom. The number of amides is 1. The third-order valence-corrected chi connectivity index (χ3v) is 7.20. The Labute approximate surface area is 171 Å². The van der Waals surface area contributed by atoms with Crippen LogP contribution in [0.5, 0.6) is 11.5 Å². The fraction of sp³-hybridized carbons (Fsp3) is 0.458. The molecule has 5 heteroatoms. The number of nitrogens with zero attached hydrogens (tertiary/aromatic N) is 2. The zero-order valence-electron chi connectivity index (χ0n) is 17.0. The van der Waals surface area contributed by atoms with Gasteiger partial charge < -0.3 is 14.7 Å². The van der Waals surface area contributed by atoms with E-state index in [1.165, 1.54) is 12.8 Å². The van der Waals surface area contributed by atoms with E-state index in [1.54, 1.807) is 13.2 Å². The van der Waals surface area contributed by atoms with Gasteiger partial charge in [0.15, 0.2) is 0 Å². The van der Waals surface area contributed by atoms with Gasteiger partial charge in [-0.1, -0.05) is 12.1 Å². The maximum absolute atomic E-state index is 13.6.